The molecule has 23 heavy (non-hydrogen) atoms. The molecule has 1 heterocycles. The average Bonchev–Trinajstić information content (AvgIpc) is 2.65. The van der Waals surface area contributed by atoms with E-state index in [1.807, 2.05) is 0 Å². The molecule has 0 aromatic carbocycles. The Morgan fingerprint density at radius 3 is 2.26 bits per heavy atom. The molecule has 1 fully saturated rings. The summed E-state index contributed by atoms with van der Waals surface area (Å²) in [5, 5.41) is 0. The molecule has 1 saturated heterocycles. The minimum atomic E-state index is -5.01. The lowest BCUT2D eigenvalue weighted by atomic mass is 9.90. The third-order valence-corrected chi connectivity index (χ3v) is 5.46. The highest BCUT2D eigenvalue weighted by Crippen LogP contribution is 2.40. The van der Waals surface area contributed by atoms with Crippen LogP contribution in [0.4, 0.5) is 13.2 Å². The molecule has 0 saturated carbocycles. The van der Waals surface area contributed by atoms with E-state index >= 15 is 0 Å². The van der Waals surface area contributed by atoms with Crippen LogP contribution in [0.2, 0.25) is 25.7 Å². The fourth-order valence-corrected chi connectivity index (χ4v) is 5.28. The Labute approximate surface area is 135 Å². The summed E-state index contributed by atoms with van der Waals surface area (Å²) in [4.78, 5) is 22.5. The van der Waals surface area contributed by atoms with Crippen molar-refractivity contribution in [3.8, 4) is 0 Å². The maximum atomic E-state index is 12.3. The molecular formula is C15H25F3O4Si. The van der Waals surface area contributed by atoms with Crippen molar-refractivity contribution >= 4 is 20.0 Å². The molecule has 0 aromatic rings. The van der Waals surface area contributed by atoms with Gasteiger partial charge in [-0.2, -0.15) is 13.2 Å². The topological polar surface area (TPSA) is 52.6 Å². The molecule has 0 aromatic heterocycles. The smallest absolute Gasteiger partial charge is 0.459 e. The minimum absolute atomic E-state index is 0.201. The highest BCUT2D eigenvalue weighted by molar-refractivity contribution is 6.76. The zero-order valence-electron chi connectivity index (χ0n) is 14.3. The monoisotopic (exact) mass is 354 g/mol. The molecule has 1 rings (SSSR count). The van der Waals surface area contributed by atoms with Gasteiger partial charge < -0.3 is 9.47 Å². The van der Waals surface area contributed by atoms with Gasteiger partial charge in [0.25, 0.3) is 0 Å². The normalized spacial score (nSPS) is 22.9. The van der Waals surface area contributed by atoms with Crippen LogP contribution in [0.1, 0.15) is 39.5 Å². The van der Waals surface area contributed by atoms with E-state index in [0.29, 0.717) is 19.3 Å². The SMILES string of the molecule is CC(C)(CCC1(C[Si](C)(C)C)CCC(=O)O1)OC(=O)C(F)(F)F. The third kappa shape index (κ3) is 6.53. The van der Waals surface area contributed by atoms with Crippen LogP contribution in [0.25, 0.3) is 0 Å². The average molecular weight is 354 g/mol. The predicted molar refractivity (Wildman–Crippen MR) is 81.7 cm³/mol. The first kappa shape index (κ1) is 20.0. The van der Waals surface area contributed by atoms with Gasteiger partial charge in [-0.05, 0) is 39.2 Å². The molecule has 0 bridgehead atoms. The summed E-state index contributed by atoms with van der Waals surface area (Å²) in [5.41, 5.74) is -1.91. The molecular weight excluding hydrogens is 329 g/mol. The number of ether oxygens (including phenoxy) is 2. The van der Waals surface area contributed by atoms with Gasteiger partial charge in [0.15, 0.2) is 0 Å². The number of alkyl halides is 3. The second-order valence-electron chi connectivity index (χ2n) is 8.04. The number of esters is 2. The second kappa shape index (κ2) is 6.45. The van der Waals surface area contributed by atoms with Crippen LogP contribution in [0.15, 0.2) is 0 Å². The van der Waals surface area contributed by atoms with Gasteiger partial charge in [0.05, 0.1) is 0 Å². The summed E-state index contributed by atoms with van der Waals surface area (Å²) in [6.45, 7) is 9.33. The first-order valence-electron chi connectivity index (χ1n) is 7.66. The predicted octanol–water partition coefficient (Wildman–Crippen LogP) is 4.06. The van der Waals surface area contributed by atoms with Crippen molar-refractivity contribution in [2.45, 2.75) is 82.6 Å². The quantitative estimate of drug-likeness (QED) is 0.533. The molecule has 0 radical (unpaired) electrons. The Hall–Kier alpha value is -1.05. The van der Waals surface area contributed by atoms with Crippen molar-refractivity contribution in [3.05, 3.63) is 0 Å². The largest absolute Gasteiger partial charge is 0.490 e. The third-order valence-electron chi connectivity index (χ3n) is 3.75. The number of carbonyl (C=O) groups is 2. The fourth-order valence-electron chi connectivity index (χ4n) is 2.92. The molecule has 1 aliphatic heterocycles. The molecule has 0 amide bonds. The molecule has 0 spiro atoms. The van der Waals surface area contributed by atoms with Crippen LogP contribution in [0.3, 0.4) is 0 Å². The van der Waals surface area contributed by atoms with Crippen LogP contribution in [0, 0.1) is 0 Å². The summed E-state index contributed by atoms with van der Waals surface area (Å²) in [6.07, 6.45) is -3.52. The molecule has 0 aliphatic carbocycles. The van der Waals surface area contributed by atoms with E-state index in [9.17, 15) is 22.8 Å². The Kier molecular flexibility index (Phi) is 5.61. The van der Waals surface area contributed by atoms with Gasteiger partial charge in [-0.25, -0.2) is 4.79 Å². The molecule has 0 N–H and O–H groups in total. The number of hydrogen-bond donors (Lipinski definition) is 0. The number of halogens is 3. The Morgan fingerprint density at radius 1 is 1.30 bits per heavy atom. The second-order valence-corrected chi connectivity index (χ2v) is 13.5. The van der Waals surface area contributed by atoms with Crippen LogP contribution in [-0.2, 0) is 19.1 Å². The lowest BCUT2D eigenvalue weighted by molar-refractivity contribution is -0.212. The number of carbonyl (C=O) groups excluding carboxylic acids is 2. The summed E-state index contributed by atoms with van der Waals surface area (Å²) < 4.78 is 47.1. The van der Waals surface area contributed by atoms with Crippen LogP contribution in [0.5, 0.6) is 0 Å². The summed E-state index contributed by atoms with van der Waals surface area (Å²) >= 11 is 0. The number of hydrogen-bond acceptors (Lipinski definition) is 4. The first-order valence-corrected chi connectivity index (χ1v) is 11.4. The van der Waals surface area contributed by atoms with Crippen LogP contribution in [-0.4, -0.2) is 37.4 Å². The van der Waals surface area contributed by atoms with Gasteiger partial charge in [-0.1, -0.05) is 19.6 Å². The molecule has 1 atom stereocenters. The Morgan fingerprint density at radius 2 is 1.87 bits per heavy atom. The van der Waals surface area contributed by atoms with E-state index in [4.69, 9.17) is 4.74 Å². The Bertz CT molecular complexity index is 468. The molecule has 4 nitrogen and oxygen atoms in total. The van der Waals surface area contributed by atoms with Crippen LogP contribution >= 0.6 is 0 Å². The fraction of sp³-hybridized carbons (Fsp3) is 0.867. The van der Waals surface area contributed by atoms with Crippen molar-refractivity contribution in [3.63, 3.8) is 0 Å². The van der Waals surface area contributed by atoms with Gasteiger partial charge in [0, 0.05) is 14.5 Å². The molecule has 1 unspecified atom stereocenters. The van der Waals surface area contributed by atoms with Crippen molar-refractivity contribution in [2.24, 2.45) is 0 Å². The van der Waals surface area contributed by atoms with Gasteiger partial charge in [0.1, 0.15) is 11.2 Å². The van der Waals surface area contributed by atoms with Gasteiger partial charge >= 0.3 is 18.1 Å². The van der Waals surface area contributed by atoms with E-state index in [1.165, 1.54) is 13.8 Å². The highest BCUT2D eigenvalue weighted by Gasteiger charge is 2.47. The van der Waals surface area contributed by atoms with Gasteiger partial charge in [-0.3, -0.25) is 4.79 Å². The minimum Gasteiger partial charge on any atom is -0.459 e. The summed E-state index contributed by atoms with van der Waals surface area (Å²) in [5.74, 6) is -2.46. The lowest BCUT2D eigenvalue weighted by Gasteiger charge is -2.36. The van der Waals surface area contributed by atoms with Crippen molar-refractivity contribution in [2.75, 3.05) is 0 Å². The van der Waals surface area contributed by atoms with Gasteiger partial charge in [-0.15, -0.1) is 0 Å². The molecule has 1 aliphatic rings. The number of cyclic esters (lactones) is 1. The zero-order chi connectivity index (χ0) is 18.1. The van der Waals surface area contributed by atoms with Gasteiger partial charge in [0.2, 0.25) is 0 Å². The lowest BCUT2D eigenvalue weighted by Crippen LogP contribution is -2.41. The highest BCUT2D eigenvalue weighted by atomic mass is 28.3. The van der Waals surface area contributed by atoms with E-state index in [-0.39, 0.29) is 12.4 Å². The van der Waals surface area contributed by atoms with Crippen LogP contribution < -0.4 is 0 Å². The molecule has 8 heteroatoms. The first-order chi connectivity index (χ1) is 10.1. The van der Waals surface area contributed by atoms with Crippen molar-refractivity contribution < 1.29 is 32.2 Å². The van der Waals surface area contributed by atoms with E-state index in [0.717, 1.165) is 6.04 Å². The zero-order valence-corrected chi connectivity index (χ0v) is 15.3. The van der Waals surface area contributed by atoms with Crippen molar-refractivity contribution in [1.82, 2.24) is 0 Å². The summed E-state index contributed by atoms with van der Waals surface area (Å²) in [7, 11) is -1.55. The number of rotatable bonds is 6. The maximum Gasteiger partial charge on any atom is 0.490 e. The summed E-state index contributed by atoms with van der Waals surface area (Å²) in [6, 6.07) is 0.745. The van der Waals surface area contributed by atoms with E-state index in [1.54, 1.807) is 0 Å². The Balaban J connectivity index is 2.74. The molecule has 134 valence electrons. The van der Waals surface area contributed by atoms with E-state index < -0.39 is 31.4 Å². The standard InChI is InChI=1S/C15H25F3O4Si/c1-13(2,22-12(20)15(16,17)18)8-9-14(10-23(3,4)5)7-6-11(19)21-14/h6-10H2,1-5H3. The van der Waals surface area contributed by atoms with E-state index in [2.05, 4.69) is 24.4 Å². The van der Waals surface area contributed by atoms with Crippen molar-refractivity contribution in [1.29, 1.82) is 0 Å². The maximum absolute atomic E-state index is 12.3.